The summed E-state index contributed by atoms with van der Waals surface area (Å²) in [6, 6.07) is 6.17. The maximum absolute atomic E-state index is 13.0. The van der Waals surface area contributed by atoms with Crippen molar-refractivity contribution in [2.24, 2.45) is 7.05 Å². The second-order valence-electron chi connectivity index (χ2n) is 6.75. The van der Waals surface area contributed by atoms with Gasteiger partial charge < -0.3 is 4.74 Å². The van der Waals surface area contributed by atoms with Gasteiger partial charge in [0.25, 0.3) is 5.56 Å². The lowest BCUT2D eigenvalue weighted by molar-refractivity contribution is 0.411. The second-order valence-corrected chi connectivity index (χ2v) is 8.78. The van der Waals surface area contributed by atoms with E-state index in [0.717, 1.165) is 45.3 Å². The highest BCUT2D eigenvalue weighted by Crippen LogP contribution is 2.35. The topological polar surface area (TPSA) is 44.1 Å². The molecule has 0 fully saturated rings. The normalized spacial score (nSPS) is 13.8. The number of fused-ring (bicyclic) bond motifs is 3. The Balaban J connectivity index is 1.70. The molecule has 26 heavy (non-hydrogen) atoms. The minimum Gasteiger partial charge on any atom is -0.496 e. The van der Waals surface area contributed by atoms with Crippen LogP contribution in [0, 0.1) is 6.92 Å². The van der Waals surface area contributed by atoms with Gasteiger partial charge in [0.1, 0.15) is 10.6 Å². The SMILES string of the molecule is COc1ccc(C)cc1CSc1nc2sc3c(c2c(=O)n1C)CCCC3. The molecule has 3 aromatic rings. The summed E-state index contributed by atoms with van der Waals surface area (Å²) in [4.78, 5) is 20.1. The van der Waals surface area contributed by atoms with E-state index in [2.05, 4.69) is 13.0 Å². The van der Waals surface area contributed by atoms with E-state index >= 15 is 0 Å². The third-order valence-electron chi connectivity index (χ3n) is 4.95. The van der Waals surface area contributed by atoms with E-state index in [-0.39, 0.29) is 5.56 Å². The molecular weight excluding hydrogens is 364 g/mol. The van der Waals surface area contributed by atoms with Gasteiger partial charge in [0, 0.05) is 23.2 Å². The van der Waals surface area contributed by atoms with Gasteiger partial charge in [0.15, 0.2) is 5.16 Å². The second kappa shape index (κ2) is 7.08. The molecule has 0 N–H and O–H groups in total. The average molecular weight is 387 g/mol. The minimum absolute atomic E-state index is 0.0908. The average Bonchev–Trinajstić information content (AvgIpc) is 3.02. The first-order chi connectivity index (χ1) is 12.6. The Hall–Kier alpha value is -1.79. The summed E-state index contributed by atoms with van der Waals surface area (Å²) in [6.07, 6.45) is 4.49. The van der Waals surface area contributed by atoms with Gasteiger partial charge in [-0.15, -0.1) is 11.3 Å². The number of hydrogen-bond donors (Lipinski definition) is 0. The lowest BCUT2D eigenvalue weighted by Crippen LogP contribution is -2.20. The van der Waals surface area contributed by atoms with E-state index in [4.69, 9.17) is 9.72 Å². The van der Waals surface area contributed by atoms with Crippen molar-refractivity contribution in [3.63, 3.8) is 0 Å². The first-order valence-electron chi connectivity index (χ1n) is 8.86. The van der Waals surface area contributed by atoms with Gasteiger partial charge in [-0.2, -0.15) is 0 Å². The van der Waals surface area contributed by atoms with E-state index in [0.29, 0.717) is 0 Å². The number of benzene rings is 1. The van der Waals surface area contributed by atoms with Gasteiger partial charge in [0.05, 0.1) is 12.5 Å². The molecule has 2 heterocycles. The molecule has 136 valence electrons. The molecule has 1 aliphatic rings. The van der Waals surface area contributed by atoms with E-state index in [1.54, 1.807) is 34.8 Å². The molecule has 4 rings (SSSR count). The fraction of sp³-hybridized carbons (Fsp3) is 0.400. The van der Waals surface area contributed by atoms with Crippen LogP contribution >= 0.6 is 23.1 Å². The highest BCUT2D eigenvalue weighted by Gasteiger charge is 2.21. The molecule has 0 unspecified atom stereocenters. The molecule has 2 aromatic heterocycles. The minimum atomic E-state index is 0.0908. The Bertz CT molecular complexity index is 1040. The van der Waals surface area contributed by atoms with Crippen LogP contribution in [-0.2, 0) is 25.6 Å². The molecule has 0 saturated carbocycles. The maximum Gasteiger partial charge on any atom is 0.262 e. The molecule has 0 aliphatic heterocycles. The predicted octanol–water partition coefficient (Wildman–Crippen LogP) is 4.48. The number of hydrogen-bond acceptors (Lipinski definition) is 5. The standard InChI is InChI=1S/C20H22N2O2S2/c1-12-8-9-15(24-3)13(10-12)11-25-20-21-18-17(19(23)22(20)2)14-6-4-5-7-16(14)26-18/h8-10H,4-7,11H2,1-3H3. The van der Waals surface area contributed by atoms with Crippen LogP contribution in [0.3, 0.4) is 0 Å². The molecule has 0 radical (unpaired) electrons. The van der Waals surface area contributed by atoms with E-state index < -0.39 is 0 Å². The fourth-order valence-electron chi connectivity index (χ4n) is 3.56. The molecule has 6 heteroatoms. The van der Waals surface area contributed by atoms with Crippen molar-refractivity contribution >= 4 is 33.3 Å². The summed E-state index contributed by atoms with van der Waals surface area (Å²) in [5.74, 6) is 1.60. The summed E-state index contributed by atoms with van der Waals surface area (Å²) in [6.45, 7) is 2.07. The first kappa shape index (κ1) is 17.6. The van der Waals surface area contributed by atoms with Crippen molar-refractivity contribution in [3.8, 4) is 5.75 Å². The number of thiophene rings is 1. The van der Waals surface area contributed by atoms with E-state index in [1.165, 1.54) is 28.8 Å². The van der Waals surface area contributed by atoms with Crippen LogP contribution in [0.5, 0.6) is 5.75 Å². The van der Waals surface area contributed by atoms with Crippen LogP contribution in [0.25, 0.3) is 10.2 Å². The molecule has 0 bridgehead atoms. The van der Waals surface area contributed by atoms with Gasteiger partial charge in [0.2, 0.25) is 0 Å². The van der Waals surface area contributed by atoms with Crippen molar-refractivity contribution in [1.82, 2.24) is 9.55 Å². The van der Waals surface area contributed by atoms with Gasteiger partial charge >= 0.3 is 0 Å². The Morgan fingerprint density at radius 2 is 2.12 bits per heavy atom. The lowest BCUT2D eigenvalue weighted by Gasteiger charge is -2.12. The third-order valence-corrected chi connectivity index (χ3v) is 7.21. The summed E-state index contributed by atoms with van der Waals surface area (Å²) in [5, 5.41) is 1.62. The molecule has 4 nitrogen and oxygen atoms in total. The van der Waals surface area contributed by atoms with Crippen molar-refractivity contribution in [2.45, 2.75) is 43.5 Å². The molecule has 0 amide bonds. The molecule has 0 saturated heterocycles. The Labute approximate surface area is 161 Å². The van der Waals surface area contributed by atoms with Crippen molar-refractivity contribution in [2.75, 3.05) is 7.11 Å². The zero-order chi connectivity index (χ0) is 18.3. The zero-order valence-electron chi connectivity index (χ0n) is 15.3. The van der Waals surface area contributed by atoms with Crippen molar-refractivity contribution in [1.29, 1.82) is 0 Å². The van der Waals surface area contributed by atoms with Crippen LogP contribution in [-0.4, -0.2) is 16.7 Å². The van der Waals surface area contributed by atoms with Gasteiger partial charge in [-0.25, -0.2) is 4.98 Å². The highest BCUT2D eigenvalue weighted by atomic mass is 32.2. The summed E-state index contributed by atoms with van der Waals surface area (Å²) < 4.78 is 7.17. The van der Waals surface area contributed by atoms with E-state index in [9.17, 15) is 4.79 Å². The van der Waals surface area contributed by atoms with E-state index in [1.807, 2.05) is 19.2 Å². The maximum atomic E-state index is 13.0. The smallest absolute Gasteiger partial charge is 0.262 e. The van der Waals surface area contributed by atoms with Crippen LogP contribution in [0.1, 0.15) is 34.4 Å². The third kappa shape index (κ3) is 3.05. The van der Waals surface area contributed by atoms with Crippen LogP contribution in [0.4, 0.5) is 0 Å². The number of ether oxygens (including phenoxy) is 1. The molecular formula is C20H22N2O2S2. The quantitative estimate of drug-likeness (QED) is 0.490. The fourth-order valence-corrected chi connectivity index (χ4v) is 5.81. The highest BCUT2D eigenvalue weighted by molar-refractivity contribution is 7.98. The first-order valence-corrected chi connectivity index (χ1v) is 10.7. The summed E-state index contributed by atoms with van der Waals surface area (Å²) in [5.41, 5.74) is 3.66. The number of thioether (sulfide) groups is 1. The monoisotopic (exact) mass is 386 g/mol. The molecule has 0 atom stereocenters. The molecule has 1 aromatic carbocycles. The Kier molecular flexibility index (Phi) is 4.80. The van der Waals surface area contributed by atoms with Crippen molar-refractivity contribution in [3.05, 3.63) is 50.1 Å². The number of aryl methyl sites for hydroxylation is 3. The van der Waals surface area contributed by atoms with Crippen LogP contribution in [0.2, 0.25) is 0 Å². The summed E-state index contributed by atoms with van der Waals surface area (Å²) in [7, 11) is 3.52. The predicted molar refractivity (Wildman–Crippen MR) is 109 cm³/mol. The van der Waals surface area contributed by atoms with Crippen LogP contribution in [0.15, 0.2) is 28.2 Å². The van der Waals surface area contributed by atoms with Crippen molar-refractivity contribution < 1.29 is 4.74 Å². The molecule has 1 aliphatic carbocycles. The van der Waals surface area contributed by atoms with Gasteiger partial charge in [-0.1, -0.05) is 29.5 Å². The van der Waals surface area contributed by atoms with Gasteiger partial charge in [-0.05, 0) is 44.2 Å². The molecule has 0 spiro atoms. The zero-order valence-corrected chi connectivity index (χ0v) is 16.9. The van der Waals surface area contributed by atoms with Gasteiger partial charge in [-0.3, -0.25) is 9.36 Å². The number of methoxy groups -OCH3 is 1. The lowest BCUT2D eigenvalue weighted by atomic mass is 9.97. The Morgan fingerprint density at radius 1 is 1.31 bits per heavy atom. The number of nitrogens with zero attached hydrogens (tertiary/aromatic N) is 2. The van der Waals surface area contributed by atoms with Crippen LogP contribution < -0.4 is 10.3 Å². The summed E-state index contributed by atoms with van der Waals surface area (Å²) >= 11 is 3.30. The largest absolute Gasteiger partial charge is 0.496 e. The Morgan fingerprint density at radius 3 is 2.92 bits per heavy atom. The number of rotatable bonds is 4. The number of aromatic nitrogens is 2.